The first kappa shape index (κ1) is 17.5. The lowest BCUT2D eigenvalue weighted by atomic mass is 9.79. The molecule has 2 aromatic rings. The predicted octanol–water partition coefficient (Wildman–Crippen LogP) is 3.59. The molecule has 0 saturated heterocycles. The van der Waals surface area contributed by atoms with Crippen LogP contribution in [-0.4, -0.2) is 26.2 Å². The lowest BCUT2D eigenvalue weighted by Gasteiger charge is -2.29. The lowest BCUT2D eigenvalue weighted by Crippen LogP contribution is -2.39. The van der Waals surface area contributed by atoms with E-state index in [9.17, 15) is 8.42 Å². The molecule has 0 atom stereocenters. The van der Waals surface area contributed by atoms with Gasteiger partial charge in [-0.05, 0) is 61.1 Å². The third kappa shape index (κ3) is 3.66. The van der Waals surface area contributed by atoms with Crippen LogP contribution in [0.15, 0.2) is 58.6 Å². The molecule has 0 radical (unpaired) electrons. The quantitative estimate of drug-likeness (QED) is 0.798. The summed E-state index contributed by atoms with van der Waals surface area (Å²) in [4.78, 5) is 5.46. The predicted molar refractivity (Wildman–Crippen MR) is 97.8 cm³/mol. The fourth-order valence-corrected chi connectivity index (χ4v) is 4.93. The van der Waals surface area contributed by atoms with Crippen LogP contribution in [0.2, 0.25) is 0 Å². The molecule has 0 spiro atoms. The Morgan fingerprint density at radius 1 is 1.08 bits per heavy atom. The molecule has 0 unspecified atom stereocenters. The van der Waals surface area contributed by atoms with Crippen molar-refractivity contribution in [2.24, 2.45) is 0 Å². The average Bonchev–Trinajstić information content (AvgIpc) is 3.11. The van der Waals surface area contributed by atoms with E-state index in [0.29, 0.717) is 11.4 Å². The maximum atomic E-state index is 12.6. The highest BCUT2D eigenvalue weighted by atomic mass is 32.2. The fourth-order valence-electron chi connectivity index (χ4n) is 3.40. The SMILES string of the molecule is CSc1ccc(S(=O)(=O)NCC2(c3ccncc3)CCCC2)cc1. The molecular formula is C18H22N2O2S2. The first-order chi connectivity index (χ1) is 11.6. The molecule has 1 fully saturated rings. The van der Waals surface area contributed by atoms with Crippen LogP contribution in [0, 0.1) is 0 Å². The summed E-state index contributed by atoms with van der Waals surface area (Å²) in [5.41, 5.74) is 1.06. The molecule has 1 aliphatic carbocycles. The number of nitrogens with zero attached hydrogens (tertiary/aromatic N) is 1. The van der Waals surface area contributed by atoms with Crippen LogP contribution in [-0.2, 0) is 15.4 Å². The minimum absolute atomic E-state index is 0.116. The van der Waals surface area contributed by atoms with Crippen LogP contribution in [0.1, 0.15) is 31.2 Å². The Labute approximate surface area is 148 Å². The van der Waals surface area contributed by atoms with Gasteiger partial charge >= 0.3 is 0 Å². The maximum Gasteiger partial charge on any atom is 0.240 e. The Hall–Kier alpha value is -1.37. The summed E-state index contributed by atoms with van der Waals surface area (Å²) in [5, 5.41) is 0. The summed E-state index contributed by atoms with van der Waals surface area (Å²) in [6.07, 6.45) is 9.81. The zero-order chi connectivity index (χ0) is 17.0. The van der Waals surface area contributed by atoms with Gasteiger partial charge in [-0.25, -0.2) is 13.1 Å². The molecule has 1 aliphatic rings. The van der Waals surface area contributed by atoms with Crippen molar-refractivity contribution in [3.05, 3.63) is 54.4 Å². The molecule has 4 nitrogen and oxygen atoms in total. The number of thioether (sulfide) groups is 1. The van der Waals surface area contributed by atoms with Gasteiger partial charge in [0.15, 0.2) is 0 Å². The minimum Gasteiger partial charge on any atom is -0.265 e. The second kappa shape index (κ2) is 7.25. The second-order valence-corrected chi connectivity index (χ2v) is 8.87. The van der Waals surface area contributed by atoms with E-state index in [1.807, 2.05) is 30.5 Å². The summed E-state index contributed by atoms with van der Waals surface area (Å²) >= 11 is 1.60. The van der Waals surface area contributed by atoms with E-state index in [-0.39, 0.29) is 5.41 Å². The van der Waals surface area contributed by atoms with Crippen LogP contribution >= 0.6 is 11.8 Å². The normalized spacial score (nSPS) is 17.0. The van der Waals surface area contributed by atoms with E-state index >= 15 is 0 Å². The van der Waals surface area contributed by atoms with Crippen molar-refractivity contribution in [1.82, 2.24) is 9.71 Å². The number of hydrogen-bond acceptors (Lipinski definition) is 4. The van der Waals surface area contributed by atoms with E-state index in [2.05, 4.69) is 9.71 Å². The third-order valence-electron chi connectivity index (χ3n) is 4.82. The van der Waals surface area contributed by atoms with Gasteiger partial charge in [0, 0.05) is 29.2 Å². The number of hydrogen-bond donors (Lipinski definition) is 1. The lowest BCUT2D eigenvalue weighted by molar-refractivity contribution is 0.432. The van der Waals surface area contributed by atoms with Crippen LogP contribution in [0.25, 0.3) is 0 Å². The smallest absolute Gasteiger partial charge is 0.240 e. The van der Waals surface area contributed by atoms with Crippen LogP contribution in [0.3, 0.4) is 0 Å². The summed E-state index contributed by atoms with van der Waals surface area (Å²) in [7, 11) is -3.49. The molecule has 0 aliphatic heterocycles. The Kier molecular flexibility index (Phi) is 5.27. The number of nitrogens with one attached hydrogen (secondary N) is 1. The second-order valence-electron chi connectivity index (χ2n) is 6.22. The largest absolute Gasteiger partial charge is 0.265 e. The van der Waals surface area contributed by atoms with Crippen molar-refractivity contribution in [2.45, 2.75) is 40.9 Å². The molecule has 1 saturated carbocycles. The topological polar surface area (TPSA) is 59.1 Å². The van der Waals surface area contributed by atoms with Crippen molar-refractivity contribution < 1.29 is 8.42 Å². The Balaban J connectivity index is 1.79. The van der Waals surface area contributed by atoms with Crippen LogP contribution in [0.4, 0.5) is 0 Å². The molecule has 1 N–H and O–H groups in total. The average molecular weight is 363 g/mol. The highest BCUT2D eigenvalue weighted by Crippen LogP contribution is 2.40. The molecule has 1 heterocycles. The minimum atomic E-state index is -3.49. The first-order valence-electron chi connectivity index (χ1n) is 8.10. The molecule has 128 valence electrons. The summed E-state index contributed by atoms with van der Waals surface area (Å²) < 4.78 is 28.1. The molecule has 1 aromatic heterocycles. The maximum absolute atomic E-state index is 12.6. The van der Waals surface area contributed by atoms with Gasteiger partial charge in [-0.1, -0.05) is 12.8 Å². The Bertz CT molecular complexity index is 768. The fraction of sp³-hybridized carbons (Fsp3) is 0.389. The highest BCUT2D eigenvalue weighted by molar-refractivity contribution is 7.98. The molecular weight excluding hydrogens is 340 g/mol. The molecule has 6 heteroatoms. The van der Waals surface area contributed by atoms with E-state index in [0.717, 1.165) is 30.6 Å². The van der Waals surface area contributed by atoms with Gasteiger partial charge in [0.05, 0.1) is 4.90 Å². The van der Waals surface area contributed by atoms with Crippen molar-refractivity contribution in [3.63, 3.8) is 0 Å². The Morgan fingerprint density at radius 3 is 2.29 bits per heavy atom. The van der Waals surface area contributed by atoms with Crippen LogP contribution in [0.5, 0.6) is 0 Å². The summed E-state index contributed by atoms with van der Waals surface area (Å²) in [5.74, 6) is 0. The van der Waals surface area contributed by atoms with Gasteiger partial charge in [-0.15, -0.1) is 11.8 Å². The van der Waals surface area contributed by atoms with Gasteiger partial charge in [0.25, 0.3) is 0 Å². The summed E-state index contributed by atoms with van der Waals surface area (Å²) in [6, 6.07) is 11.0. The zero-order valence-corrected chi connectivity index (χ0v) is 15.4. The van der Waals surface area contributed by atoms with E-state index in [1.54, 1.807) is 36.3 Å². The van der Waals surface area contributed by atoms with E-state index in [4.69, 9.17) is 0 Å². The highest BCUT2D eigenvalue weighted by Gasteiger charge is 2.36. The molecule has 3 rings (SSSR count). The van der Waals surface area contributed by atoms with Gasteiger partial charge in [0.1, 0.15) is 0 Å². The van der Waals surface area contributed by atoms with Crippen molar-refractivity contribution in [3.8, 4) is 0 Å². The molecule has 1 aromatic carbocycles. The monoisotopic (exact) mass is 362 g/mol. The number of rotatable bonds is 6. The Morgan fingerprint density at radius 2 is 1.71 bits per heavy atom. The number of pyridine rings is 1. The van der Waals surface area contributed by atoms with Crippen LogP contribution < -0.4 is 4.72 Å². The van der Waals surface area contributed by atoms with E-state index < -0.39 is 10.0 Å². The molecule has 0 amide bonds. The standard InChI is InChI=1S/C18H22N2O2S2/c1-23-16-4-6-17(7-5-16)24(21,22)20-14-18(10-2-3-11-18)15-8-12-19-13-9-15/h4-9,12-13,20H,2-3,10-11,14H2,1H3. The molecule has 0 bridgehead atoms. The number of sulfonamides is 1. The first-order valence-corrected chi connectivity index (χ1v) is 10.8. The van der Waals surface area contributed by atoms with Gasteiger partial charge in [-0.3, -0.25) is 4.98 Å². The number of aromatic nitrogens is 1. The van der Waals surface area contributed by atoms with Gasteiger partial charge in [0.2, 0.25) is 10.0 Å². The van der Waals surface area contributed by atoms with Crippen molar-refractivity contribution >= 4 is 21.8 Å². The third-order valence-corrected chi connectivity index (χ3v) is 6.98. The van der Waals surface area contributed by atoms with Crippen molar-refractivity contribution in [1.29, 1.82) is 0 Å². The zero-order valence-electron chi connectivity index (χ0n) is 13.7. The van der Waals surface area contributed by atoms with E-state index in [1.165, 1.54) is 5.56 Å². The van der Waals surface area contributed by atoms with Crippen molar-refractivity contribution in [2.75, 3.05) is 12.8 Å². The van der Waals surface area contributed by atoms with Gasteiger partial charge in [-0.2, -0.15) is 0 Å². The summed E-state index contributed by atoms with van der Waals surface area (Å²) in [6.45, 7) is 0.434. The van der Waals surface area contributed by atoms with Gasteiger partial charge < -0.3 is 0 Å². The number of benzene rings is 1. The molecule has 24 heavy (non-hydrogen) atoms.